The lowest BCUT2D eigenvalue weighted by molar-refractivity contribution is -0.124. The Morgan fingerprint density at radius 3 is 2.29 bits per heavy atom. The summed E-state index contributed by atoms with van der Waals surface area (Å²) in [4.78, 5) is 25.6. The topological polar surface area (TPSA) is 95.6 Å². The fourth-order valence-corrected chi connectivity index (χ4v) is 6.49. The van der Waals surface area contributed by atoms with Crippen LogP contribution in [0.1, 0.15) is 67.3 Å². The van der Waals surface area contributed by atoms with Gasteiger partial charge in [-0.2, -0.15) is 4.31 Å². The smallest absolute Gasteiger partial charge is 0.251 e. The second kappa shape index (κ2) is 11.5. The van der Waals surface area contributed by atoms with E-state index in [9.17, 15) is 18.0 Å². The van der Waals surface area contributed by atoms with Crippen LogP contribution in [0.25, 0.3) is 0 Å². The Hall–Kier alpha value is -2.42. The van der Waals surface area contributed by atoms with Crippen molar-refractivity contribution in [2.45, 2.75) is 74.9 Å². The number of amides is 2. The molecule has 2 aromatic rings. The first kappa shape index (κ1) is 25.7. The molecule has 1 saturated heterocycles. The lowest BCUT2D eigenvalue weighted by atomic mass is 9.95. The van der Waals surface area contributed by atoms with E-state index >= 15 is 0 Å². The number of carbonyl (C=O) groups is 2. The highest BCUT2D eigenvalue weighted by Crippen LogP contribution is 2.26. The molecular formula is C26H32ClN3O4S. The molecule has 0 radical (unpaired) electrons. The first-order chi connectivity index (χ1) is 16.8. The molecule has 9 heteroatoms. The monoisotopic (exact) mass is 517 g/mol. The number of carbonyl (C=O) groups excluding carboxylic acids is 2. The van der Waals surface area contributed by atoms with Crippen molar-refractivity contribution in [2.24, 2.45) is 0 Å². The molecule has 188 valence electrons. The largest absolute Gasteiger partial charge is 0.355 e. The molecule has 35 heavy (non-hydrogen) atoms. The van der Waals surface area contributed by atoms with Gasteiger partial charge in [-0.25, -0.2) is 8.42 Å². The second-order valence-electron chi connectivity index (χ2n) is 9.31. The van der Waals surface area contributed by atoms with Gasteiger partial charge in [-0.3, -0.25) is 9.59 Å². The highest BCUT2D eigenvalue weighted by Gasteiger charge is 2.36. The Kier molecular flexibility index (Phi) is 8.46. The summed E-state index contributed by atoms with van der Waals surface area (Å²) in [6.45, 7) is 0.558. The van der Waals surface area contributed by atoms with Crippen molar-refractivity contribution in [1.29, 1.82) is 0 Å². The molecule has 2 amide bonds. The molecule has 0 unspecified atom stereocenters. The maximum atomic E-state index is 13.6. The molecule has 0 spiro atoms. The van der Waals surface area contributed by atoms with E-state index in [4.69, 9.17) is 11.6 Å². The summed E-state index contributed by atoms with van der Waals surface area (Å²) < 4.78 is 28.6. The van der Waals surface area contributed by atoms with Gasteiger partial charge >= 0.3 is 0 Å². The normalized spacial score (nSPS) is 19.7. The van der Waals surface area contributed by atoms with Crippen LogP contribution in [0.3, 0.4) is 0 Å². The third-order valence-electron chi connectivity index (χ3n) is 6.77. The van der Waals surface area contributed by atoms with Gasteiger partial charge in [-0.15, -0.1) is 0 Å². The lowest BCUT2D eigenvalue weighted by Crippen LogP contribution is -2.48. The van der Waals surface area contributed by atoms with Crippen LogP contribution in [0.4, 0.5) is 0 Å². The minimum atomic E-state index is -3.98. The Labute approximate surface area is 212 Å². The zero-order valence-corrected chi connectivity index (χ0v) is 21.3. The molecule has 7 nitrogen and oxygen atoms in total. The van der Waals surface area contributed by atoms with Crippen molar-refractivity contribution in [1.82, 2.24) is 14.9 Å². The third-order valence-corrected chi connectivity index (χ3v) is 8.89. The van der Waals surface area contributed by atoms with E-state index in [1.54, 1.807) is 24.3 Å². The highest BCUT2D eigenvalue weighted by molar-refractivity contribution is 7.89. The minimum absolute atomic E-state index is 0.0214. The zero-order valence-electron chi connectivity index (χ0n) is 19.7. The van der Waals surface area contributed by atoms with Crippen molar-refractivity contribution in [3.8, 4) is 0 Å². The predicted molar refractivity (Wildman–Crippen MR) is 136 cm³/mol. The Morgan fingerprint density at radius 1 is 0.943 bits per heavy atom. The molecule has 4 rings (SSSR count). The van der Waals surface area contributed by atoms with Gasteiger partial charge in [-0.1, -0.05) is 43.0 Å². The van der Waals surface area contributed by atoms with Crippen molar-refractivity contribution in [3.05, 3.63) is 64.7 Å². The quantitative estimate of drug-likeness (QED) is 0.573. The van der Waals surface area contributed by atoms with Gasteiger partial charge < -0.3 is 10.6 Å². The minimum Gasteiger partial charge on any atom is -0.355 e. The molecule has 1 saturated carbocycles. The fourth-order valence-electron chi connectivity index (χ4n) is 4.76. The van der Waals surface area contributed by atoms with Crippen LogP contribution in [0.15, 0.2) is 53.4 Å². The summed E-state index contributed by atoms with van der Waals surface area (Å²) in [6, 6.07) is 12.3. The van der Waals surface area contributed by atoms with Gasteiger partial charge in [0, 0.05) is 29.7 Å². The first-order valence-corrected chi connectivity index (χ1v) is 14.1. The molecule has 2 aliphatic rings. The number of benzene rings is 2. The summed E-state index contributed by atoms with van der Waals surface area (Å²) in [5.74, 6) is -0.402. The van der Waals surface area contributed by atoms with Crippen LogP contribution >= 0.6 is 11.6 Å². The predicted octanol–water partition coefficient (Wildman–Crippen LogP) is 4.26. The highest BCUT2D eigenvalue weighted by atomic mass is 35.5. The van der Waals surface area contributed by atoms with Gasteiger partial charge in [-0.05, 0) is 74.1 Å². The zero-order chi connectivity index (χ0) is 24.8. The molecule has 1 aliphatic carbocycles. The summed E-state index contributed by atoms with van der Waals surface area (Å²) >= 11 is 5.96. The van der Waals surface area contributed by atoms with Crippen LogP contribution in [-0.4, -0.2) is 43.2 Å². The number of nitrogens with one attached hydrogen (secondary N) is 2. The number of rotatable bonds is 7. The molecule has 1 aliphatic heterocycles. The summed E-state index contributed by atoms with van der Waals surface area (Å²) in [7, 11) is -3.98. The fraction of sp³-hybridized carbons (Fsp3) is 0.462. The first-order valence-electron chi connectivity index (χ1n) is 12.3. The van der Waals surface area contributed by atoms with Crippen LogP contribution in [-0.2, 0) is 21.4 Å². The Balaban J connectivity index is 1.56. The number of hydrogen-bond acceptors (Lipinski definition) is 4. The average molecular weight is 518 g/mol. The maximum absolute atomic E-state index is 13.6. The van der Waals surface area contributed by atoms with E-state index in [1.807, 2.05) is 0 Å². The van der Waals surface area contributed by atoms with Crippen molar-refractivity contribution >= 4 is 33.4 Å². The van der Waals surface area contributed by atoms with E-state index in [-0.39, 0.29) is 29.3 Å². The van der Waals surface area contributed by atoms with E-state index in [2.05, 4.69) is 10.6 Å². The number of sulfonamides is 1. The summed E-state index contributed by atoms with van der Waals surface area (Å²) in [5.41, 5.74) is 1.24. The molecule has 2 aromatic carbocycles. The average Bonchev–Trinajstić information content (AvgIpc) is 3.07. The molecule has 0 bridgehead atoms. The maximum Gasteiger partial charge on any atom is 0.251 e. The van der Waals surface area contributed by atoms with Crippen molar-refractivity contribution in [3.63, 3.8) is 0 Å². The Morgan fingerprint density at radius 2 is 1.60 bits per heavy atom. The van der Waals surface area contributed by atoms with Crippen molar-refractivity contribution in [2.75, 3.05) is 6.54 Å². The number of nitrogens with zero attached hydrogens (tertiary/aromatic N) is 1. The van der Waals surface area contributed by atoms with Gasteiger partial charge in [0.1, 0.15) is 6.04 Å². The Bertz CT molecular complexity index is 1130. The molecule has 2 N–H and O–H groups in total. The van der Waals surface area contributed by atoms with Crippen LogP contribution < -0.4 is 10.6 Å². The lowest BCUT2D eigenvalue weighted by Gasteiger charge is -2.29. The third kappa shape index (κ3) is 6.42. The summed E-state index contributed by atoms with van der Waals surface area (Å²) in [6.07, 6.45) is 7.50. The standard InChI is InChI=1S/C26H32ClN3O4S/c27-21-13-15-23(16-14-21)35(33,34)30(24-8-4-5-17-28-26(24)32)18-19-9-11-20(12-10-19)25(31)29-22-6-2-1-3-7-22/h9-16,22,24H,1-8,17-18H2,(H,28,32)(H,29,31)/t24-/m1/s1. The van der Waals surface area contributed by atoms with Gasteiger partial charge in [0.2, 0.25) is 15.9 Å². The van der Waals surface area contributed by atoms with Crippen LogP contribution in [0.2, 0.25) is 5.02 Å². The second-order valence-corrected chi connectivity index (χ2v) is 11.6. The van der Waals surface area contributed by atoms with E-state index in [0.717, 1.165) is 38.5 Å². The summed E-state index contributed by atoms with van der Waals surface area (Å²) in [5, 5.41) is 6.37. The SMILES string of the molecule is O=C(NC1CCCCC1)c1ccc(CN([C@@H]2CCCCNC2=O)S(=O)(=O)c2ccc(Cl)cc2)cc1. The number of halogens is 1. The molecule has 1 atom stereocenters. The van der Waals surface area contributed by atoms with E-state index in [0.29, 0.717) is 29.1 Å². The number of hydrogen-bond donors (Lipinski definition) is 2. The van der Waals surface area contributed by atoms with Gasteiger partial charge in [0.25, 0.3) is 5.91 Å². The van der Waals surface area contributed by atoms with E-state index < -0.39 is 16.1 Å². The van der Waals surface area contributed by atoms with E-state index in [1.165, 1.54) is 35.0 Å². The van der Waals surface area contributed by atoms with Crippen LogP contribution in [0, 0.1) is 0 Å². The molecule has 2 fully saturated rings. The van der Waals surface area contributed by atoms with Crippen molar-refractivity contribution < 1.29 is 18.0 Å². The van der Waals surface area contributed by atoms with Crippen LogP contribution in [0.5, 0.6) is 0 Å². The molecule has 1 heterocycles. The molecule has 0 aromatic heterocycles. The van der Waals surface area contributed by atoms with Gasteiger partial charge in [0.05, 0.1) is 4.90 Å². The van der Waals surface area contributed by atoms with Gasteiger partial charge in [0.15, 0.2) is 0 Å². The molecular weight excluding hydrogens is 486 g/mol.